The molecule has 0 aliphatic carbocycles. The van der Waals surface area contributed by atoms with Crippen LogP contribution in [0.15, 0.2) is 30.3 Å². The first-order chi connectivity index (χ1) is 13.7. The highest BCUT2D eigenvalue weighted by Crippen LogP contribution is 2.27. The van der Waals surface area contributed by atoms with Crippen molar-refractivity contribution >= 4 is 11.9 Å². The fourth-order valence-electron chi connectivity index (χ4n) is 3.56. The maximum Gasteiger partial charge on any atom is 0.490 e. The third-order valence-electron chi connectivity index (χ3n) is 4.93. The van der Waals surface area contributed by atoms with Crippen molar-refractivity contribution in [3.05, 3.63) is 35.9 Å². The normalized spacial score (nSPS) is 20.0. The summed E-state index contributed by atoms with van der Waals surface area (Å²) < 4.78 is 48.0. The Bertz CT molecular complexity index is 663. The molecule has 162 valence electrons. The van der Waals surface area contributed by atoms with E-state index < -0.39 is 24.3 Å². The summed E-state index contributed by atoms with van der Waals surface area (Å²) in [5.41, 5.74) is 0.365. The van der Waals surface area contributed by atoms with Crippen LogP contribution in [-0.4, -0.2) is 50.4 Å². The van der Waals surface area contributed by atoms with E-state index in [0.29, 0.717) is 12.2 Å². The van der Waals surface area contributed by atoms with E-state index in [4.69, 9.17) is 9.47 Å². The van der Waals surface area contributed by atoms with Gasteiger partial charge in [0.05, 0.1) is 12.6 Å². The molecule has 0 unspecified atom stereocenters. The number of ether oxygens (including phenoxy) is 2. The van der Waals surface area contributed by atoms with Crippen LogP contribution in [0.2, 0.25) is 0 Å². The molecule has 1 aromatic carbocycles. The molecule has 1 aromatic rings. The lowest BCUT2D eigenvalue weighted by atomic mass is 9.94. The SMILES string of the molecule is COC[C@H](CC(=O)N[C@H](C)[C@@H](OC(=O)C(F)(F)F)c1ccccc1)[C@@H]1CCCN1. The maximum absolute atomic E-state index is 12.7. The lowest BCUT2D eigenvalue weighted by Gasteiger charge is -2.27. The van der Waals surface area contributed by atoms with Gasteiger partial charge in [-0.25, -0.2) is 4.79 Å². The van der Waals surface area contributed by atoms with Gasteiger partial charge in [-0.2, -0.15) is 13.2 Å². The fourth-order valence-corrected chi connectivity index (χ4v) is 3.56. The summed E-state index contributed by atoms with van der Waals surface area (Å²) in [5, 5.41) is 6.02. The zero-order chi connectivity index (χ0) is 21.4. The average molecular weight is 416 g/mol. The van der Waals surface area contributed by atoms with Gasteiger partial charge in [0.15, 0.2) is 0 Å². The van der Waals surface area contributed by atoms with Crippen molar-refractivity contribution in [2.24, 2.45) is 5.92 Å². The summed E-state index contributed by atoms with van der Waals surface area (Å²) >= 11 is 0. The third-order valence-corrected chi connectivity index (χ3v) is 4.93. The Labute approximate surface area is 168 Å². The molecule has 1 heterocycles. The highest BCUT2D eigenvalue weighted by atomic mass is 19.4. The number of halogens is 3. The molecule has 2 N–H and O–H groups in total. The van der Waals surface area contributed by atoms with Gasteiger partial charge in [-0.1, -0.05) is 30.3 Å². The molecule has 1 aliphatic heterocycles. The Morgan fingerprint density at radius 1 is 1.28 bits per heavy atom. The Kier molecular flexibility index (Phi) is 8.45. The van der Waals surface area contributed by atoms with Gasteiger partial charge in [0, 0.05) is 25.5 Å². The van der Waals surface area contributed by atoms with E-state index in [0.717, 1.165) is 19.4 Å². The number of alkyl halides is 3. The van der Waals surface area contributed by atoms with Crippen molar-refractivity contribution in [3.8, 4) is 0 Å². The van der Waals surface area contributed by atoms with Crippen LogP contribution < -0.4 is 10.6 Å². The molecule has 9 heteroatoms. The van der Waals surface area contributed by atoms with Crippen LogP contribution in [0.5, 0.6) is 0 Å². The number of hydrogen-bond acceptors (Lipinski definition) is 5. The first-order valence-corrected chi connectivity index (χ1v) is 9.56. The summed E-state index contributed by atoms with van der Waals surface area (Å²) in [7, 11) is 1.56. The second-order valence-corrected chi connectivity index (χ2v) is 7.21. The molecule has 0 radical (unpaired) electrons. The van der Waals surface area contributed by atoms with E-state index in [2.05, 4.69) is 10.6 Å². The molecule has 1 amide bonds. The largest absolute Gasteiger partial charge is 0.490 e. The maximum atomic E-state index is 12.7. The number of methoxy groups -OCH3 is 1. The number of benzene rings is 1. The topological polar surface area (TPSA) is 76.7 Å². The van der Waals surface area contributed by atoms with E-state index in [1.807, 2.05) is 0 Å². The van der Waals surface area contributed by atoms with Gasteiger partial charge < -0.3 is 20.1 Å². The molecule has 0 spiro atoms. The summed E-state index contributed by atoms with van der Waals surface area (Å²) in [6, 6.07) is 7.34. The van der Waals surface area contributed by atoms with Crippen molar-refractivity contribution < 1.29 is 32.2 Å². The standard InChI is InChI=1S/C20H27F3N2O4/c1-13(25-17(26)11-15(12-28-2)16-9-6-10-24-16)18(14-7-4-3-5-8-14)29-19(27)20(21,22)23/h3-5,7-8,13,15-16,18,24H,6,9-12H2,1-2H3,(H,25,26)/t13-,15+,16+,18-/m1/s1. The lowest BCUT2D eigenvalue weighted by Crippen LogP contribution is -2.43. The Morgan fingerprint density at radius 2 is 1.97 bits per heavy atom. The lowest BCUT2D eigenvalue weighted by molar-refractivity contribution is -0.206. The summed E-state index contributed by atoms with van der Waals surface area (Å²) in [6.07, 6.45) is -4.27. The van der Waals surface area contributed by atoms with Crippen LogP contribution in [-0.2, 0) is 19.1 Å². The molecular formula is C20H27F3N2O4. The summed E-state index contributed by atoms with van der Waals surface area (Å²) in [4.78, 5) is 23.9. The van der Waals surface area contributed by atoms with E-state index in [1.165, 1.54) is 6.92 Å². The highest BCUT2D eigenvalue weighted by molar-refractivity contribution is 5.77. The van der Waals surface area contributed by atoms with Crippen LogP contribution in [0.25, 0.3) is 0 Å². The van der Waals surface area contributed by atoms with Gasteiger partial charge in [-0.05, 0) is 31.9 Å². The minimum atomic E-state index is -5.12. The van der Waals surface area contributed by atoms with Crippen LogP contribution in [0.4, 0.5) is 13.2 Å². The number of amides is 1. The second kappa shape index (κ2) is 10.6. The molecule has 0 bridgehead atoms. The van der Waals surface area contributed by atoms with Crippen molar-refractivity contribution in [1.82, 2.24) is 10.6 Å². The molecule has 4 atom stereocenters. The first-order valence-electron chi connectivity index (χ1n) is 9.56. The predicted octanol–water partition coefficient (Wildman–Crippen LogP) is 2.74. The Morgan fingerprint density at radius 3 is 2.52 bits per heavy atom. The molecule has 0 saturated carbocycles. The quantitative estimate of drug-likeness (QED) is 0.606. The summed E-state index contributed by atoms with van der Waals surface area (Å²) in [6.45, 7) is 2.79. The minimum absolute atomic E-state index is 0.0531. The van der Waals surface area contributed by atoms with Gasteiger partial charge in [0.2, 0.25) is 5.91 Å². The zero-order valence-corrected chi connectivity index (χ0v) is 16.5. The smallest absolute Gasteiger partial charge is 0.449 e. The molecule has 29 heavy (non-hydrogen) atoms. The highest BCUT2D eigenvalue weighted by Gasteiger charge is 2.43. The van der Waals surface area contributed by atoms with Crippen LogP contribution in [0, 0.1) is 5.92 Å². The van der Waals surface area contributed by atoms with Crippen molar-refractivity contribution in [3.63, 3.8) is 0 Å². The van der Waals surface area contributed by atoms with Crippen LogP contribution in [0.3, 0.4) is 0 Å². The molecule has 0 aromatic heterocycles. The molecule has 1 saturated heterocycles. The second-order valence-electron chi connectivity index (χ2n) is 7.21. The van der Waals surface area contributed by atoms with E-state index in [-0.39, 0.29) is 24.3 Å². The minimum Gasteiger partial charge on any atom is -0.449 e. The van der Waals surface area contributed by atoms with Gasteiger partial charge in [-0.15, -0.1) is 0 Å². The molecule has 1 fully saturated rings. The van der Waals surface area contributed by atoms with E-state index in [1.54, 1.807) is 37.4 Å². The monoisotopic (exact) mass is 416 g/mol. The number of nitrogens with one attached hydrogen (secondary N) is 2. The van der Waals surface area contributed by atoms with Gasteiger partial charge >= 0.3 is 12.1 Å². The predicted molar refractivity (Wildman–Crippen MR) is 99.9 cm³/mol. The number of carbonyl (C=O) groups excluding carboxylic acids is 2. The van der Waals surface area contributed by atoms with Gasteiger partial charge in [0.25, 0.3) is 0 Å². The molecule has 1 aliphatic rings. The Balaban J connectivity index is 2.06. The van der Waals surface area contributed by atoms with Crippen molar-refractivity contribution in [2.75, 3.05) is 20.3 Å². The zero-order valence-electron chi connectivity index (χ0n) is 16.5. The Hall–Kier alpha value is -2.13. The number of rotatable bonds is 9. The summed E-state index contributed by atoms with van der Waals surface area (Å²) in [5.74, 6) is -2.68. The van der Waals surface area contributed by atoms with Crippen LogP contribution in [0.1, 0.15) is 37.9 Å². The van der Waals surface area contributed by atoms with Crippen molar-refractivity contribution in [1.29, 1.82) is 0 Å². The molecular weight excluding hydrogens is 389 g/mol. The van der Waals surface area contributed by atoms with Crippen molar-refractivity contribution in [2.45, 2.75) is 50.6 Å². The molecule has 6 nitrogen and oxygen atoms in total. The third kappa shape index (κ3) is 7.01. The van der Waals surface area contributed by atoms with Gasteiger partial charge in [-0.3, -0.25) is 4.79 Å². The van der Waals surface area contributed by atoms with Gasteiger partial charge in [0.1, 0.15) is 6.10 Å². The number of hydrogen-bond donors (Lipinski definition) is 2. The van der Waals surface area contributed by atoms with Crippen LogP contribution >= 0.6 is 0 Å². The first kappa shape index (κ1) is 23.2. The van der Waals surface area contributed by atoms with E-state index in [9.17, 15) is 22.8 Å². The fraction of sp³-hybridized carbons (Fsp3) is 0.600. The average Bonchev–Trinajstić information content (AvgIpc) is 3.20. The van der Waals surface area contributed by atoms with E-state index >= 15 is 0 Å². The number of carbonyl (C=O) groups is 2. The number of esters is 1. The molecule has 2 rings (SSSR count).